The lowest BCUT2D eigenvalue weighted by Crippen LogP contribution is -2.27. The van der Waals surface area contributed by atoms with Gasteiger partial charge in [-0.05, 0) is 40.5 Å². The summed E-state index contributed by atoms with van der Waals surface area (Å²) in [6.07, 6.45) is 6.11. The molecule has 1 unspecified atom stereocenters. The molecule has 0 aliphatic carbocycles. The summed E-state index contributed by atoms with van der Waals surface area (Å²) < 4.78 is 11.0. The van der Waals surface area contributed by atoms with Crippen LogP contribution in [-0.4, -0.2) is 25.4 Å². The van der Waals surface area contributed by atoms with Crippen molar-refractivity contribution in [3.05, 3.63) is 24.3 Å². The maximum Gasteiger partial charge on any atom is 0.0835 e. The summed E-state index contributed by atoms with van der Waals surface area (Å²) in [5.74, 6) is 0. The van der Waals surface area contributed by atoms with Gasteiger partial charge in [0.25, 0.3) is 0 Å². The molecule has 0 aromatic heterocycles. The van der Waals surface area contributed by atoms with E-state index in [-0.39, 0.29) is 5.60 Å². The molecule has 0 aromatic rings. The zero-order chi connectivity index (χ0) is 12.4. The van der Waals surface area contributed by atoms with Crippen molar-refractivity contribution in [2.24, 2.45) is 0 Å². The Labute approximate surface area is 100 Å². The zero-order valence-electron chi connectivity index (χ0n) is 11.2. The second-order valence-corrected chi connectivity index (χ2v) is 4.38. The van der Waals surface area contributed by atoms with E-state index in [2.05, 4.69) is 33.4 Å². The van der Waals surface area contributed by atoms with Gasteiger partial charge >= 0.3 is 0 Å². The third-order valence-corrected chi connectivity index (χ3v) is 2.49. The van der Waals surface area contributed by atoms with E-state index >= 15 is 0 Å². The molecule has 0 fully saturated rings. The number of hydrogen-bond acceptors (Lipinski definition) is 2. The molecule has 0 heterocycles. The standard InChI is InChI=1S/C14H26O2/c1-6-14(5,10-8-9-13(3)4)16-12-11-15-7-2/h6,9H,1,7-8,10-12H2,2-5H3. The van der Waals surface area contributed by atoms with E-state index in [4.69, 9.17) is 9.47 Å². The third-order valence-electron chi connectivity index (χ3n) is 2.49. The van der Waals surface area contributed by atoms with Crippen LogP contribution in [-0.2, 0) is 9.47 Å². The SMILES string of the molecule is C=CC(C)(CCC=C(C)C)OCCOCC. The van der Waals surface area contributed by atoms with E-state index in [1.54, 1.807) is 0 Å². The van der Waals surface area contributed by atoms with Gasteiger partial charge < -0.3 is 9.47 Å². The van der Waals surface area contributed by atoms with Crippen LogP contribution in [0.25, 0.3) is 0 Å². The van der Waals surface area contributed by atoms with Gasteiger partial charge in [-0.1, -0.05) is 17.7 Å². The van der Waals surface area contributed by atoms with Crippen molar-refractivity contribution in [3.8, 4) is 0 Å². The minimum Gasteiger partial charge on any atom is -0.379 e. The highest BCUT2D eigenvalue weighted by molar-refractivity contribution is 4.99. The van der Waals surface area contributed by atoms with Crippen molar-refractivity contribution in [2.75, 3.05) is 19.8 Å². The Morgan fingerprint density at radius 1 is 1.31 bits per heavy atom. The van der Waals surface area contributed by atoms with Crippen LogP contribution in [0.5, 0.6) is 0 Å². The second-order valence-electron chi connectivity index (χ2n) is 4.38. The first-order chi connectivity index (χ1) is 7.54. The highest BCUT2D eigenvalue weighted by Gasteiger charge is 2.19. The minimum atomic E-state index is -0.233. The van der Waals surface area contributed by atoms with E-state index in [0.29, 0.717) is 13.2 Å². The average Bonchev–Trinajstić information content (AvgIpc) is 2.24. The Balaban J connectivity index is 3.90. The largest absolute Gasteiger partial charge is 0.379 e. The molecule has 0 bridgehead atoms. The molecular formula is C14H26O2. The topological polar surface area (TPSA) is 18.5 Å². The van der Waals surface area contributed by atoms with Crippen LogP contribution in [0.2, 0.25) is 0 Å². The number of rotatable bonds is 9. The normalized spacial score (nSPS) is 14.2. The summed E-state index contributed by atoms with van der Waals surface area (Å²) in [5.41, 5.74) is 1.11. The molecule has 0 radical (unpaired) electrons. The second kappa shape index (κ2) is 8.54. The number of allylic oxidation sites excluding steroid dienone is 2. The molecule has 2 nitrogen and oxygen atoms in total. The summed E-state index contributed by atoms with van der Waals surface area (Å²) in [6.45, 7) is 14.2. The first-order valence-corrected chi connectivity index (χ1v) is 6.02. The van der Waals surface area contributed by atoms with Gasteiger partial charge in [-0.25, -0.2) is 0 Å². The first kappa shape index (κ1) is 15.4. The van der Waals surface area contributed by atoms with Crippen LogP contribution in [0.1, 0.15) is 40.5 Å². The fraction of sp³-hybridized carbons (Fsp3) is 0.714. The van der Waals surface area contributed by atoms with E-state index in [1.165, 1.54) is 5.57 Å². The van der Waals surface area contributed by atoms with Crippen molar-refractivity contribution in [1.29, 1.82) is 0 Å². The minimum absolute atomic E-state index is 0.233. The third kappa shape index (κ3) is 7.66. The quantitative estimate of drug-likeness (QED) is 0.440. The molecule has 0 saturated carbocycles. The number of hydrogen-bond donors (Lipinski definition) is 0. The van der Waals surface area contributed by atoms with Crippen LogP contribution in [0, 0.1) is 0 Å². The molecule has 0 aliphatic rings. The molecule has 94 valence electrons. The Morgan fingerprint density at radius 3 is 2.50 bits per heavy atom. The van der Waals surface area contributed by atoms with Crippen LogP contribution >= 0.6 is 0 Å². The average molecular weight is 226 g/mol. The van der Waals surface area contributed by atoms with Gasteiger partial charge in [0.2, 0.25) is 0 Å². The lowest BCUT2D eigenvalue weighted by atomic mass is 9.99. The summed E-state index contributed by atoms with van der Waals surface area (Å²) >= 11 is 0. The van der Waals surface area contributed by atoms with E-state index in [9.17, 15) is 0 Å². The van der Waals surface area contributed by atoms with E-state index in [0.717, 1.165) is 19.4 Å². The Kier molecular flexibility index (Phi) is 8.22. The lowest BCUT2D eigenvalue weighted by Gasteiger charge is -2.26. The molecule has 2 heteroatoms. The van der Waals surface area contributed by atoms with Gasteiger partial charge in [0.15, 0.2) is 0 Å². The zero-order valence-corrected chi connectivity index (χ0v) is 11.2. The monoisotopic (exact) mass is 226 g/mol. The van der Waals surface area contributed by atoms with Crippen molar-refractivity contribution in [1.82, 2.24) is 0 Å². The summed E-state index contributed by atoms with van der Waals surface area (Å²) in [7, 11) is 0. The van der Waals surface area contributed by atoms with Gasteiger partial charge in [-0.2, -0.15) is 0 Å². The van der Waals surface area contributed by atoms with Gasteiger partial charge in [-0.3, -0.25) is 0 Å². The maximum atomic E-state index is 5.79. The van der Waals surface area contributed by atoms with Crippen LogP contribution in [0.3, 0.4) is 0 Å². The van der Waals surface area contributed by atoms with Gasteiger partial charge in [-0.15, -0.1) is 6.58 Å². The molecule has 0 aliphatic heterocycles. The van der Waals surface area contributed by atoms with Crippen molar-refractivity contribution in [3.63, 3.8) is 0 Å². The van der Waals surface area contributed by atoms with Crippen LogP contribution in [0.4, 0.5) is 0 Å². The molecule has 0 saturated heterocycles. The first-order valence-electron chi connectivity index (χ1n) is 6.02. The molecule has 1 atom stereocenters. The Hall–Kier alpha value is -0.600. The van der Waals surface area contributed by atoms with Gasteiger partial charge in [0.05, 0.1) is 18.8 Å². The molecule has 0 spiro atoms. The van der Waals surface area contributed by atoms with Gasteiger partial charge in [0.1, 0.15) is 0 Å². The number of ether oxygens (including phenoxy) is 2. The van der Waals surface area contributed by atoms with E-state index < -0.39 is 0 Å². The fourth-order valence-electron chi connectivity index (χ4n) is 1.36. The molecule has 0 N–H and O–H groups in total. The van der Waals surface area contributed by atoms with Crippen molar-refractivity contribution < 1.29 is 9.47 Å². The Morgan fingerprint density at radius 2 is 2.00 bits per heavy atom. The Bertz CT molecular complexity index is 217. The van der Waals surface area contributed by atoms with Crippen molar-refractivity contribution >= 4 is 0 Å². The summed E-state index contributed by atoms with van der Waals surface area (Å²) in [6, 6.07) is 0. The summed E-state index contributed by atoms with van der Waals surface area (Å²) in [4.78, 5) is 0. The van der Waals surface area contributed by atoms with Gasteiger partial charge in [0, 0.05) is 6.61 Å². The fourth-order valence-corrected chi connectivity index (χ4v) is 1.36. The lowest BCUT2D eigenvalue weighted by molar-refractivity contribution is -0.0303. The predicted molar refractivity (Wildman–Crippen MR) is 69.7 cm³/mol. The maximum absolute atomic E-state index is 5.79. The van der Waals surface area contributed by atoms with E-state index in [1.807, 2.05) is 13.0 Å². The molecule has 0 amide bonds. The highest BCUT2D eigenvalue weighted by Crippen LogP contribution is 2.19. The summed E-state index contributed by atoms with van der Waals surface area (Å²) in [5, 5.41) is 0. The predicted octanol–water partition coefficient (Wildman–Crippen LogP) is 3.73. The van der Waals surface area contributed by atoms with Crippen LogP contribution in [0.15, 0.2) is 24.3 Å². The van der Waals surface area contributed by atoms with Crippen LogP contribution < -0.4 is 0 Å². The van der Waals surface area contributed by atoms with Crippen molar-refractivity contribution in [2.45, 2.75) is 46.1 Å². The smallest absolute Gasteiger partial charge is 0.0835 e. The molecule has 0 aromatic carbocycles. The molecule has 16 heavy (non-hydrogen) atoms. The molecular weight excluding hydrogens is 200 g/mol. The molecule has 0 rings (SSSR count). The highest BCUT2D eigenvalue weighted by atomic mass is 16.5.